The van der Waals surface area contributed by atoms with E-state index in [1.54, 1.807) is 20.8 Å². The number of hydrogen-bond donors (Lipinski definition) is 11. The minimum Gasteiger partial charge on any atom is -0.481 e. The molecule has 0 aromatic rings. The fourth-order valence-electron chi connectivity index (χ4n) is 6.71. The molecule has 1 heterocycles. The summed E-state index contributed by atoms with van der Waals surface area (Å²) < 4.78 is 4.75. The number of amides is 9. The maximum atomic E-state index is 14.1. The number of hydrazine groups is 1. The molecule has 9 amide bonds. The molecule has 0 unspecified atom stereocenters. The maximum absolute atomic E-state index is 14.1. The van der Waals surface area contributed by atoms with Gasteiger partial charge >= 0.3 is 29.8 Å². The van der Waals surface area contributed by atoms with Crippen LogP contribution in [0.4, 0.5) is 0 Å². The van der Waals surface area contributed by atoms with Gasteiger partial charge in [0, 0.05) is 26.4 Å². The molecule has 1 fully saturated rings. The molecule has 382 valence electrons. The summed E-state index contributed by atoms with van der Waals surface area (Å²) in [6.07, 6.45) is -4.40. The number of aliphatic hydroxyl groups excluding tert-OH is 1. The van der Waals surface area contributed by atoms with Crippen LogP contribution in [0.25, 0.3) is 0 Å². The third-order valence-electron chi connectivity index (χ3n) is 10.1. The molecule has 0 saturated carbocycles. The number of ether oxygens (including phenoxy) is 1. The zero-order valence-electron chi connectivity index (χ0n) is 39.2. The number of esters is 1. The first-order chi connectivity index (χ1) is 31.7. The van der Waals surface area contributed by atoms with E-state index in [-0.39, 0.29) is 26.1 Å². The van der Waals surface area contributed by atoms with Gasteiger partial charge in [0.15, 0.2) is 0 Å². The molecular weight excluding hydrogens is 906 g/mol. The van der Waals surface area contributed by atoms with E-state index in [0.29, 0.717) is 12.8 Å². The monoisotopic (exact) mass is 971 g/mol. The van der Waals surface area contributed by atoms with E-state index in [4.69, 9.17) is 9.84 Å². The lowest BCUT2D eigenvalue weighted by Crippen LogP contribution is -2.62. The molecule has 1 rings (SSSR count). The van der Waals surface area contributed by atoms with Crippen molar-refractivity contribution in [1.82, 2.24) is 47.2 Å². The average molecular weight is 972 g/mol. The maximum Gasteiger partial charge on any atom is 0.398 e. The third kappa shape index (κ3) is 19.1. The van der Waals surface area contributed by atoms with Crippen molar-refractivity contribution < 1.29 is 87.5 Å². The van der Waals surface area contributed by atoms with E-state index in [0.717, 1.165) is 18.9 Å². The molecule has 0 spiro atoms. The van der Waals surface area contributed by atoms with E-state index in [1.807, 2.05) is 0 Å². The summed E-state index contributed by atoms with van der Waals surface area (Å²) >= 11 is 0. The topological polar surface area (TPSA) is 403 Å². The van der Waals surface area contributed by atoms with Gasteiger partial charge in [-0.1, -0.05) is 34.6 Å². The van der Waals surface area contributed by atoms with Crippen LogP contribution in [-0.2, 0) is 67.1 Å². The third-order valence-corrected chi connectivity index (χ3v) is 10.1. The molecule has 0 aliphatic carbocycles. The summed E-state index contributed by atoms with van der Waals surface area (Å²) in [5, 5.41) is 52.7. The van der Waals surface area contributed by atoms with Crippen molar-refractivity contribution in [2.45, 2.75) is 149 Å². The predicted octanol–water partition coefficient (Wildman–Crippen LogP) is -3.75. The van der Waals surface area contributed by atoms with Crippen molar-refractivity contribution in [2.24, 2.45) is 11.8 Å². The highest BCUT2D eigenvalue weighted by Gasteiger charge is 2.42. The van der Waals surface area contributed by atoms with E-state index >= 15 is 0 Å². The van der Waals surface area contributed by atoms with Gasteiger partial charge in [-0.25, -0.2) is 9.80 Å². The standard InChI is InChI=1S/C41H65N9O18/c1-9-15-50(40(66)41(67)68-10-2)48-36(62)26-12-11-16-49(26)39(65)31(20(5)6)46-37(63)30(19(3)4)45-35(61)25(18-29(57)58)44-33(59)23(13-14-27(53)54)43-38(64)32(21(7)51)47-34(60)24(17-28(55)56)42-22(8)52/h19-21,23-26,30-32,51H,9-18H2,1-8H3,(H,42,52)(H,43,64)(H,44,59)(H,45,61)(H,46,63)(H,47,60)(H,48,62)(H,53,54)(H,55,56)(H,57,58)/t21-,23+,24+,25+,26+,30+,31+,32+/m1/s1. The fourth-order valence-corrected chi connectivity index (χ4v) is 6.71. The van der Waals surface area contributed by atoms with Gasteiger partial charge in [0.1, 0.15) is 42.3 Å². The Morgan fingerprint density at radius 3 is 1.60 bits per heavy atom. The number of likely N-dealkylation sites (tertiary alicyclic amines) is 1. The van der Waals surface area contributed by atoms with Gasteiger partial charge in [-0.05, 0) is 51.4 Å². The molecule has 1 aliphatic heterocycles. The molecule has 0 radical (unpaired) electrons. The number of aliphatic carboxylic acids is 3. The zero-order chi connectivity index (χ0) is 52.2. The summed E-state index contributed by atoms with van der Waals surface area (Å²) in [5.74, 6) is -16.6. The average Bonchev–Trinajstić information content (AvgIpc) is 3.73. The lowest BCUT2D eigenvalue weighted by molar-refractivity contribution is -0.163. The van der Waals surface area contributed by atoms with Crippen LogP contribution < -0.4 is 37.3 Å². The van der Waals surface area contributed by atoms with Gasteiger partial charge in [-0.15, -0.1) is 0 Å². The normalized spacial score (nSPS) is 16.3. The van der Waals surface area contributed by atoms with Crippen molar-refractivity contribution in [3.05, 3.63) is 0 Å². The van der Waals surface area contributed by atoms with Crippen LogP contribution in [0.5, 0.6) is 0 Å². The number of carbonyl (C=O) groups is 13. The smallest absolute Gasteiger partial charge is 0.398 e. The van der Waals surface area contributed by atoms with Crippen LogP contribution in [0, 0.1) is 11.8 Å². The second kappa shape index (κ2) is 28.3. The summed E-state index contributed by atoms with van der Waals surface area (Å²) in [6, 6.07) is -11.4. The lowest BCUT2D eigenvalue weighted by Gasteiger charge is -2.33. The molecule has 0 bridgehead atoms. The number of rotatable bonds is 26. The first kappa shape index (κ1) is 59.1. The van der Waals surface area contributed by atoms with Gasteiger partial charge in [-0.3, -0.25) is 63.0 Å². The van der Waals surface area contributed by atoms with E-state index in [2.05, 4.69) is 37.3 Å². The molecule has 68 heavy (non-hydrogen) atoms. The first-order valence-corrected chi connectivity index (χ1v) is 21.9. The second-order valence-electron chi connectivity index (χ2n) is 16.5. The van der Waals surface area contributed by atoms with Gasteiger partial charge in [-0.2, -0.15) is 0 Å². The molecular formula is C41H65N9O18. The Morgan fingerprint density at radius 2 is 1.13 bits per heavy atom. The summed E-state index contributed by atoms with van der Waals surface area (Å²) in [7, 11) is 0. The first-order valence-electron chi connectivity index (χ1n) is 21.9. The van der Waals surface area contributed by atoms with Crippen LogP contribution in [0.15, 0.2) is 0 Å². The van der Waals surface area contributed by atoms with Crippen molar-refractivity contribution in [3.8, 4) is 0 Å². The molecule has 0 aromatic heterocycles. The van der Waals surface area contributed by atoms with Crippen molar-refractivity contribution >= 4 is 77.0 Å². The number of nitrogens with zero attached hydrogens (tertiary/aromatic N) is 2. The van der Waals surface area contributed by atoms with Crippen molar-refractivity contribution in [3.63, 3.8) is 0 Å². The number of nitrogens with one attached hydrogen (secondary N) is 7. The summed E-state index contributed by atoms with van der Waals surface area (Å²) in [4.78, 5) is 167. The summed E-state index contributed by atoms with van der Waals surface area (Å²) in [6.45, 7) is 11.3. The second-order valence-corrected chi connectivity index (χ2v) is 16.5. The number of hydrogen-bond acceptors (Lipinski definition) is 15. The Kier molecular flexibility index (Phi) is 24.6. The molecule has 11 N–H and O–H groups in total. The van der Waals surface area contributed by atoms with E-state index in [9.17, 15) is 77.6 Å². The molecule has 27 heteroatoms. The Morgan fingerprint density at radius 1 is 0.647 bits per heavy atom. The highest BCUT2D eigenvalue weighted by molar-refractivity contribution is 6.32. The highest BCUT2D eigenvalue weighted by Crippen LogP contribution is 2.21. The molecule has 27 nitrogen and oxygen atoms in total. The van der Waals surface area contributed by atoms with Crippen LogP contribution in [-0.4, -0.2) is 175 Å². The van der Waals surface area contributed by atoms with Crippen molar-refractivity contribution in [1.29, 1.82) is 0 Å². The van der Waals surface area contributed by atoms with E-state index in [1.165, 1.54) is 25.7 Å². The Balaban J connectivity index is 3.36. The van der Waals surface area contributed by atoms with Gasteiger partial charge < -0.3 is 62.0 Å². The molecule has 0 aromatic carbocycles. The minimum atomic E-state index is -1.99. The minimum absolute atomic E-state index is 0.0522. The quantitative estimate of drug-likeness (QED) is 0.0225. The van der Waals surface area contributed by atoms with Crippen molar-refractivity contribution in [2.75, 3.05) is 19.7 Å². The Bertz CT molecular complexity index is 1880. The molecule has 1 saturated heterocycles. The Hall–Kier alpha value is -6.93. The molecule has 1 aliphatic rings. The molecule has 8 atom stereocenters. The largest absolute Gasteiger partial charge is 0.481 e. The lowest BCUT2D eigenvalue weighted by atomic mass is 9.98. The van der Waals surface area contributed by atoms with Gasteiger partial charge in [0.25, 0.3) is 5.91 Å². The number of carboxylic acids is 3. The Labute approximate surface area is 391 Å². The number of carboxylic acid groups (broad SMARTS) is 3. The van der Waals surface area contributed by atoms with Crippen LogP contribution in [0.1, 0.15) is 100 Å². The van der Waals surface area contributed by atoms with Gasteiger partial charge in [0.05, 0.1) is 25.6 Å². The van der Waals surface area contributed by atoms with Crippen LogP contribution in [0.3, 0.4) is 0 Å². The SMILES string of the molecule is CCCN(NC(=O)[C@@H]1CCCN1C(=O)[C@@H](NC(=O)[C@@H](NC(=O)[C@H](CC(=O)O)NC(=O)[C@H](CCC(=O)O)NC(=O)[C@@H](NC(=O)[C@H](CC(=O)O)NC(C)=O)[C@@H](C)O)C(C)C)C(C)C)C(=O)C(=O)OCC. The van der Waals surface area contributed by atoms with E-state index < -0.39 is 163 Å². The fraction of sp³-hybridized carbons (Fsp3) is 0.683. The van der Waals surface area contributed by atoms with Crippen LogP contribution in [0.2, 0.25) is 0 Å². The number of aliphatic hydroxyl groups is 1. The zero-order valence-corrected chi connectivity index (χ0v) is 39.2. The highest BCUT2D eigenvalue weighted by atomic mass is 16.5. The van der Waals surface area contributed by atoms with Gasteiger partial charge in [0.2, 0.25) is 41.4 Å². The van der Waals surface area contributed by atoms with Crippen LogP contribution >= 0.6 is 0 Å². The predicted molar refractivity (Wildman–Crippen MR) is 232 cm³/mol. The summed E-state index contributed by atoms with van der Waals surface area (Å²) in [5.41, 5.74) is 2.39. The number of carbonyl (C=O) groups excluding carboxylic acids is 10.